The molecule has 56 valence electrons. The Kier molecular flexibility index (Phi) is 4.20. The van der Waals surface area contributed by atoms with E-state index in [-0.39, 0.29) is 24.0 Å². The minimum absolute atomic E-state index is 0. The maximum absolute atomic E-state index is 5.78. The third-order valence-electron chi connectivity index (χ3n) is 1.24. The summed E-state index contributed by atoms with van der Waals surface area (Å²) in [7, 11) is 1.92. The molecule has 3 heteroatoms. The van der Waals surface area contributed by atoms with Crippen molar-refractivity contribution in [2.75, 3.05) is 0 Å². The summed E-state index contributed by atoms with van der Waals surface area (Å²) in [6, 6.07) is 3.95. The summed E-state index contributed by atoms with van der Waals surface area (Å²) in [6.45, 7) is 2.02. The molecular formula is C7H9ClIN. The van der Waals surface area contributed by atoms with Crippen LogP contribution < -0.4 is 28.5 Å². The highest BCUT2D eigenvalue weighted by Crippen LogP contribution is 2.02. The number of nitrogens with zero attached hydrogens (tertiary/aromatic N) is 1. The van der Waals surface area contributed by atoms with Gasteiger partial charge in [0.15, 0.2) is 6.20 Å². The van der Waals surface area contributed by atoms with E-state index >= 15 is 0 Å². The van der Waals surface area contributed by atoms with E-state index in [4.69, 9.17) is 11.6 Å². The molecule has 1 heterocycles. The lowest BCUT2D eigenvalue weighted by atomic mass is 10.3. The second kappa shape index (κ2) is 4.13. The molecule has 1 nitrogen and oxygen atoms in total. The highest BCUT2D eigenvalue weighted by atomic mass is 127. The Bertz CT molecular complexity index is 225. The van der Waals surface area contributed by atoms with E-state index in [0.717, 1.165) is 5.15 Å². The quantitative estimate of drug-likeness (QED) is 0.306. The Balaban J connectivity index is 0.000000810. The molecule has 0 bridgehead atoms. The van der Waals surface area contributed by atoms with Gasteiger partial charge in [-0.05, 0) is 24.1 Å². The standard InChI is InChI=1S/C7H9ClN.HI/c1-6-3-4-9(2)7(8)5-6;/h3-5H,1-2H3;1H/q+1;/p-1. The maximum atomic E-state index is 5.78. The molecule has 0 aliphatic carbocycles. The fraction of sp³-hybridized carbons (Fsp3) is 0.286. The highest BCUT2D eigenvalue weighted by Gasteiger charge is 1.99. The van der Waals surface area contributed by atoms with Crippen LogP contribution >= 0.6 is 11.6 Å². The van der Waals surface area contributed by atoms with Gasteiger partial charge in [0.2, 0.25) is 0 Å². The summed E-state index contributed by atoms with van der Waals surface area (Å²) >= 11 is 5.78. The molecule has 0 unspecified atom stereocenters. The number of aryl methyl sites for hydroxylation is 2. The van der Waals surface area contributed by atoms with Crippen LogP contribution in [0.3, 0.4) is 0 Å². The summed E-state index contributed by atoms with van der Waals surface area (Å²) in [4.78, 5) is 0. The molecule has 0 aromatic carbocycles. The van der Waals surface area contributed by atoms with Crippen LogP contribution in [0.25, 0.3) is 0 Å². The van der Waals surface area contributed by atoms with Crippen LogP contribution in [0.1, 0.15) is 5.56 Å². The monoisotopic (exact) mass is 269 g/mol. The molecule has 1 rings (SSSR count). The van der Waals surface area contributed by atoms with Crippen LogP contribution in [-0.4, -0.2) is 0 Å². The molecule has 0 saturated heterocycles. The van der Waals surface area contributed by atoms with Gasteiger partial charge in [0.1, 0.15) is 7.05 Å². The Morgan fingerprint density at radius 3 is 2.50 bits per heavy atom. The van der Waals surface area contributed by atoms with Gasteiger partial charge in [0.05, 0.1) is 0 Å². The van der Waals surface area contributed by atoms with Crippen molar-refractivity contribution < 1.29 is 28.5 Å². The van der Waals surface area contributed by atoms with Crippen molar-refractivity contribution in [3.05, 3.63) is 29.0 Å². The predicted molar refractivity (Wildman–Crippen MR) is 37.4 cm³/mol. The van der Waals surface area contributed by atoms with Gasteiger partial charge in [-0.1, -0.05) is 0 Å². The van der Waals surface area contributed by atoms with E-state index in [1.807, 2.05) is 36.9 Å². The Morgan fingerprint density at radius 2 is 2.10 bits per heavy atom. The molecule has 0 saturated carbocycles. The van der Waals surface area contributed by atoms with E-state index in [0.29, 0.717) is 0 Å². The largest absolute Gasteiger partial charge is 1.00 e. The van der Waals surface area contributed by atoms with Gasteiger partial charge in [0.25, 0.3) is 5.15 Å². The molecule has 0 N–H and O–H groups in total. The molecule has 1 aromatic heterocycles. The van der Waals surface area contributed by atoms with Crippen LogP contribution in [0.5, 0.6) is 0 Å². The third-order valence-corrected chi connectivity index (χ3v) is 1.62. The number of hydrogen-bond acceptors (Lipinski definition) is 0. The maximum Gasteiger partial charge on any atom is 0.274 e. The second-order valence-corrected chi connectivity index (χ2v) is 2.52. The molecule has 0 aliphatic heterocycles. The van der Waals surface area contributed by atoms with E-state index in [1.165, 1.54) is 5.56 Å². The van der Waals surface area contributed by atoms with Crippen LogP contribution in [0.15, 0.2) is 18.3 Å². The molecule has 0 amide bonds. The van der Waals surface area contributed by atoms with Crippen LogP contribution in [0.2, 0.25) is 5.15 Å². The summed E-state index contributed by atoms with van der Waals surface area (Å²) in [5, 5.41) is 0.773. The molecular weight excluding hydrogens is 260 g/mol. The average Bonchev–Trinajstić information content (AvgIpc) is 1.80. The van der Waals surface area contributed by atoms with Gasteiger partial charge in [-0.15, -0.1) is 0 Å². The second-order valence-electron chi connectivity index (χ2n) is 2.14. The zero-order chi connectivity index (χ0) is 6.85. The van der Waals surface area contributed by atoms with Crippen molar-refractivity contribution in [2.24, 2.45) is 7.05 Å². The van der Waals surface area contributed by atoms with E-state index in [9.17, 15) is 0 Å². The summed E-state index contributed by atoms with van der Waals surface area (Å²) in [6.07, 6.45) is 1.94. The first-order valence-electron chi connectivity index (χ1n) is 2.82. The summed E-state index contributed by atoms with van der Waals surface area (Å²) < 4.78 is 1.87. The SMILES string of the molecule is Cc1cc[n+](C)c(Cl)c1.[I-]. The fourth-order valence-electron chi connectivity index (χ4n) is 0.638. The first-order chi connectivity index (χ1) is 4.20. The van der Waals surface area contributed by atoms with Gasteiger partial charge in [-0.3, -0.25) is 0 Å². The van der Waals surface area contributed by atoms with Crippen molar-refractivity contribution in [3.8, 4) is 0 Å². The van der Waals surface area contributed by atoms with Crippen molar-refractivity contribution in [1.29, 1.82) is 0 Å². The predicted octanol–water partition coefficient (Wildman–Crippen LogP) is -1.52. The van der Waals surface area contributed by atoms with E-state index in [2.05, 4.69) is 0 Å². The van der Waals surface area contributed by atoms with Gasteiger partial charge in [-0.2, -0.15) is 4.57 Å². The lowest BCUT2D eigenvalue weighted by molar-refractivity contribution is -0.669. The molecule has 10 heavy (non-hydrogen) atoms. The van der Waals surface area contributed by atoms with Crippen LogP contribution in [-0.2, 0) is 7.05 Å². The van der Waals surface area contributed by atoms with E-state index in [1.54, 1.807) is 0 Å². The smallest absolute Gasteiger partial charge is 0.274 e. The number of rotatable bonds is 0. The van der Waals surface area contributed by atoms with Crippen molar-refractivity contribution in [2.45, 2.75) is 6.92 Å². The van der Waals surface area contributed by atoms with Crippen molar-refractivity contribution in [3.63, 3.8) is 0 Å². The molecule has 1 aromatic rings. The van der Waals surface area contributed by atoms with Crippen LogP contribution in [0.4, 0.5) is 0 Å². The lowest BCUT2D eigenvalue weighted by Crippen LogP contribution is -3.00. The minimum atomic E-state index is 0. The average molecular weight is 270 g/mol. The van der Waals surface area contributed by atoms with E-state index < -0.39 is 0 Å². The number of pyridine rings is 1. The van der Waals surface area contributed by atoms with Gasteiger partial charge < -0.3 is 24.0 Å². The van der Waals surface area contributed by atoms with Gasteiger partial charge >= 0.3 is 0 Å². The van der Waals surface area contributed by atoms with Gasteiger partial charge in [-0.25, -0.2) is 0 Å². The topological polar surface area (TPSA) is 3.88 Å². The first-order valence-corrected chi connectivity index (χ1v) is 3.20. The van der Waals surface area contributed by atoms with Gasteiger partial charge in [0, 0.05) is 12.1 Å². The minimum Gasteiger partial charge on any atom is -1.00 e. The normalized spacial score (nSPS) is 8.70. The molecule has 0 fully saturated rings. The third kappa shape index (κ3) is 2.42. The van der Waals surface area contributed by atoms with Crippen molar-refractivity contribution >= 4 is 11.6 Å². The Labute approximate surface area is 83.0 Å². The number of hydrogen-bond donors (Lipinski definition) is 0. The summed E-state index contributed by atoms with van der Waals surface area (Å²) in [5.74, 6) is 0. The van der Waals surface area contributed by atoms with Crippen molar-refractivity contribution in [1.82, 2.24) is 0 Å². The lowest BCUT2D eigenvalue weighted by Gasteiger charge is -1.90. The molecule has 0 atom stereocenters. The first kappa shape index (κ1) is 10.2. The fourth-order valence-corrected chi connectivity index (χ4v) is 0.867. The highest BCUT2D eigenvalue weighted by molar-refractivity contribution is 6.28. The van der Waals surface area contributed by atoms with Crippen LogP contribution in [0, 0.1) is 6.92 Å². The Morgan fingerprint density at radius 1 is 1.50 bits per heavy atom. The molecule has 0 aliphatic rings. The zero-order valence-electron chi connectivity index (χ0n) is 5.94. The zero-order valence-corrected chi connectivity index (χ0v) is 8.85. The molecule has 0 spiro atoms. The Hall–Kier alpha value is 0.170. The number of halogens is 2. The summed E-state index contributed by atoms with van der Waals surface area (Å²) in [5.41, 5.74) is 1.19. The molecule has 0 radical (unpaired) electrons. The number of aromatic nitrogens is 1.